The summed E-state index contributed by atoms with van der Waals surface area (Å²) in [5, 5.41) is 28.4. The molecular formula is C22H19N3O3. The number of nitrogens with zero attached hydrogens (tertiary/aromatic N) is 3. The summed E-state index contributed by atoms with van der Waals surface area (Å²) in [6, 6.07) is 20.4. The molecule has 2 aromatic carbocycles. The Balaban J connectivity index is 1.66. The number of aliphatic hydroxyl groups excluding tert-OH is 1. The lowest BCUT2D eigenvalue weighted by molar-refractivity contribution is -0.104. The average molecular weight is 373 g/mol. The van der Waals surface area contributed by atoms with Crippen LogP contribution in [0.4, 0.5) is 0 Å². The summed E-state index contributed by atoms with van der Waals surface area (Å²) >= 11 is 0. The van der Waals surface area contributed by atoms with Gasteiger partial charge in [-0.15, -0.1) is 10.2 Å². The van der Waals surface area contributed by atoms with Crippen molar-refractivity contribution in [3.05, 3.63) is 71.8 Å². The van der Waals surface area contributed by atoms with Crippen LogP contribution in [0, 0.1) is 11.3 Å². The van der Waals surface area contributed by atoms with Gasteiger partial charge < -0.3 is 14.6 Å². The molecule has 2 unspecified atom stereocenters. The molecule has 6 nitrogen and oxygen atoms in total. The molecule has 2 heterocycles. The fourth-order valence-electron chi connectivity index (χ4n) is 3.22. The van der Waals surface area contributed by atoms with E-state index >= 15 is 0 Å². The molecule has 28 heavy (non-hydrogen) atoms. The first-order valence-electron chi connectivity index (χ1n) is 8.95. The van der Waals surface area contributed by atoms with Gasteiger partial charge in [-0.25, -0.2) is 0 Å². The van der Waals surface area contributed by atoms with Gasteiger partial charge in [-0.05, 0) is 38.1 Å². The molecule has 0 saturated heterocycles. The highest BCUT2D eigenvalue weighted by Gasteiger charge is 2.44. The zero-order chi connectivity index (χ0) is 19.7. The van der Waals surface area contributed by atoms with E-state index in [0.717, 1.165) is 11.3 Å². The minimum atomic E-state index is -0.954. The van der Waals surface area contributed by atoms with Crippen molar-refractivity contribution >= 4 is 0 Å². The van der Waals surface area contributed by atoms with E-state index in [-0.39, 0.29) is 5.88 Å². The zero-order valence-corrected chi connectivity index (χ0v) is 15.5. The van der Waals surface area contributed by atoms with Crippen LogP contribution < -0.4 is 9.47 Å². The lowest BCUT2D eigenvalue weighted by atomic mass is 9.88. The lowest BCUT2D eigenvalue weighted by Gasteiger charge is -2.41. The van der Waals surface area contributed by atoms with E-state index in [1.54, 1.807) is 38.1 Å². The predicted octanol–water partition coefficient (Wildman–Crippen LogP) is 3.67. The van der Waals surface area contributed by atoms with Gasteiger partial charge in [0.2, 0.25) is 5.88 Å². The third kappa shape index (κ3) is 3.28. The fraction of sp³-hybridized carbons (Fsp3) is 0.227. The Labute approximate surface area is 163 Å². The first kappa shape index (κ1) is 18.0. The lowest BCUT2D eigenvalue weighted by Crippen LogP contribution is -2.50. The predicted molar refractivity (Wildman–Crippen MR) is 103 cm³/mol. The first-order valence-corrected chi connectivity index (χ1v) is 8.95. The highest BCUT2D eigenvalue weighted by Crippen LogP contribution is 2.42. The number of aromatic nitrogens is 2. The van der Waals surface area contributed by atoms with Gasteiger partial charge in [-0.2, -0.15) is 5.26 Å². The summed E-state index contributed by atoms with van der Waals surface area (Å²) in [4.78, 5) is 0. The smallest absolute Gasteiger partial charge is 0.234 e. The maximum Gasteiger partial charge on any atom is 0.234 e. The number of rotatable bonds is 3. The van der Waals surface area contributed by atoms with Crippen molar-refractivity contribution in [2.75, 3.05) is 0 Å². The summed E-state index contributed by atoms with van der Waals surface area (Å²) < 4.78 is 11.9. The van der Waals surface area contributed by atoms with Crippen molar-refractivity contribution in [3.8, 4) is 29.0 Å². The van der Waals surface area contributed by atoms with Gasteiger partial charge in [-0.3, -0.25) is 0 Å². The van der Waals surface area contributed by atoms with E-state index in [0.29, 0.717) is 16.9 Å². The van der Waals surface area contributed by atoms with E-state index in [9.17, 15) is 10.4 Å². The highest BCUT2D eigenvalue weighted by atomic mass is 16.5. The second-order valence-electron chi connectivity index (χ2n) is 7.18. The van der Waals surface area contributed by atoms with Crippen molar-refractivity contribution in [1.29, 1.82) is 5.26 Å². The summed E-state index contributed by atoms with van der Waals surface area (Å²) in [7, 11) is 0. The van der Waals surface area contributed by atoms with Gasteiger partial charge in [0.15, 0.2) is 6.10 Å². The van der Waals surface area contributed by atoms with E-state index in [1.807, 2.05) is 36.4 Å². The number of aliphatic hydroxyl groups is 1. The van der Waals surface area contributed by atoms with E-state index < -0.39 is 17.8 Å². The van der Waals surface area contributed by atoms with Crippen LogP contribution in [-0.2, 0) is 0 Å². The summed E-state index contributed by atoms with van der Waals surface area (Å²) in [5.74, 6) is 0.864. The molecule has 140 valence electrons. The Morgan fingerprint density at radius 3 is 2.54 bits per heavy atom. The average Bonchev–Trinajstić information content (AvgIpc) is 2.72. The van der Waals surface area contributed by atoms with Crippen molar-refractivity contribution < 1.29 is 14.6 Å². The van der Waals surface area contributed by atoms with E-state index in [2.05, 4.69) is 16.3 Å². The molecule has 1 aliphatic rings. The van der Waals surface area contributed by atoms with Gasteiger partial charge in [0.25, 0.3) is 0 Å². The minimum absolute atomic E-state index is 0.287. The molecule has 3 aromatic rings. The topological polar surface area (TPSA) is 88.3 Å². The Morgan fingerprint density at radius 1 is 1.07 bits per heavy atom. The van der Waals surface area contributed by atoms with Crippen LogP contribution in [0.15, 0.2) is 60.7 Å². The molecule has 0 bridgehead atoms. The Kier molecular flexibility index (Phi) is 4.46. The van der Waals surface area contributed by atoms with Crippen LogP contribution in [-0.4, -0.2) is 27.0 Å². The van der Waals surface area contributed by atoms with Crippen LogP contribution in [0.3, 0.4) is 0 Å². The number of benzene rings is 2. The maximum absolute atomic E-state index is 10.8. The normalized spacial score (nSPS) is 19.8. The number of fused-ring (bicyclic) bond motifs is 1. The third-order valence-corrected chi connectivity index (χ3v) is 4.77. The Bertz CT molecular complexity index is 1030. The van der Waals surface area contributed by atoms with Gasteiger partial charge in [0.1, 0.15) is 17.5 Å². The molecule has 1 N–H and O–H groups in total. The Morgan fingerprint density at radius 2 is 1.86 bits per heavy atom. The van der Waals surface area contributed by atoms with Crippen LogP contribution >= 0.6 is 0 Å². The fourth-order valence-corrected chi connectivity index (χ4v) is 3.22. The van der Waals surface area contributed by atoms with Crippen LogP contribution in [0.2, 0.25) is 0 Å². The molecule has 0 fully saturated rings. The molecule has 0 amide bonds. The summed E-state index contributed by atoms with van der Waals surface area (Å²) in [6.07, 6.45) is -1.69. The number of ether oxygens (including phenoxy) is 2. The third-order valence-electron chi connectivity index (χ3n) is 4.77. The van der Waals surface area contributed by atoms with E-state index in [4.69, 9.17) is 9.47 Å². The molecule has 6 heteroatoms. The molecule has 0 spiro atoms. The van der Waals surface area contributed by atoms with Crippen LogP contribution in [0.25, 0.3) is 11.3 Å². The van der Waals surface area contributed by atoms with Crippen LogP contribution in [0.5, 0.6) is 11.6 Å². The van der Waals surface area contributed by atoms with Gasteiger partial charge in [-0.1, -0.05) is 30.3 Å². The molecule has 1 aromatic heterocycles. The second-order valence-corrected chi connectivity index (χ2v) is 7.18. The first-order chi connectivity index (χ1) is 13.5. The SMILES string of the molecule is CC1(C)Oc2ccc(C#N)cc2C(Oc2ccc(-c3ccccc3)nn2)C1O. The summed E-state index contributed by atoms with van der Waals surface area (Å²) in [5.41, 5.74) is 1.91. The quantitative estimate of drug-likeness (QED) is 0.754. The number of nitriles is 1. The molecule has 4 rings (SSSR count). The zero-order valence-electron chi connectivity index (χ0n) is 15.5. The van der Waals surface area contributed by atoms with Crippen LogP contribution in [0.1, 0.15) is 31.1 Å². The molecule has 0 radical (unpaired) electrons. The van der Waals surface area contributed by atoms with Crippen molar-refractivity contribution in [2.24, 2.45) is 0 Å². The van der Waals surface area contributed by atoms with Gasteiger partial charge >= 0.3 is 0 Å². The number of hydrogen-bond acceptors (Lipinski definition) is 6. The largest absolute Gasteiger partial charge is 0.485 e. The van der Waals surface area contributed by atoms with Crippen molar-refractivity contribution in [2.45, 2.75) is 31.7 Å². The van der Waals surface area contributed by atoms with Gasteiger partial charge in [0, 0.05) is 17.2 Å². The van der Waals surface area contributed by atoms with Crippen molar-refractivity contribution in [1.82, 2.24) is 10.2 Å². The minimum Gasteiger partial charge on any atom is -0.485 e. The number of hydrogen-bond donors (Lipinski definition) is 1. The Hall–Kier alpha value is -3.43. The van der Waals surface area contributed by atoms with Crippen molar-refractivity contribution in [3.63, 3.8) is 0 Å². The summed E-state index contributed by atoms with van der Waals surface area (Å²) in [6.45, 7) is 3.58. The molecule has 0 aliphatic carbocycles. The molecule has 1 aliphatic heterocycles. The maximum atomic E-state index is 10.8. The van der Waals surface area contributed by atoms with E-state index in [1.165, 1.54) is 0 Å². The molecule has 2 atom stereocenters. The molecular weight excluding hydrogens is 354 g/mol. The van der Waals surface area contributed by atoms with Gasteiger partial charge in [0.05, 0.1) is 17.3 Å². The monoisotopic (exact) mass is 373 g/mol. The standard InChI is InChI=1S/C22H19N3O3/c1-22(2)21(26)20(16-12-14(13-23)8-10-18(16)28-22)27-19-11-9-17(24-25-19)15-6-4-3-5-7-15/h3-12,20-21,26H,1-2H3. The second kappa shape index (κ2) is 6.95. The highest BCUT2D eigenvalue weighted by molar-refractivity contribution is 5.58. The molecule has 0 saturated carbocycles.